The zero-order valence-corrected chi connectivity index (χ0v) is 12.8. The van der Waals surface area contributed by atoms with Crippen LogP contribution in [0.5, 0.6) is 0 Å². The summed E-state index contributed by atoms with van der Waals surface area (Å²) in [5.74, 6) is -0.178. The summed E-state index contributed by atoms with van der Waals surface area (Å²) in [6.07, 6.45) is 1.74. The van der Waals surface area contributed by atoms with Gasteiger partial charge < -0.3 is 20.1 Å². The lowest BCUT2D eigenvalue weighted by molar-refractivity contribution is -0.143. The van der Waals surface area contributed by atoms with Crippen LogP contribution < -0.4 is 10.6 Å². The van der Waals surface area contributed by atoms with Gasteiger partial charge in [0.15, 0.2) is 0 Å². The molecule has 20 heavy (non-hydrogen) atoms. The maximum absolute atomic E-state index is 11.5. The van der Waals surface area contributed by atoms with Crippen molar-refractivity contribution in [1.82, 2.24) is 10.6 Å². The van der Waals surface area contributed by atoms with Crippen LogP contribution in [0.2, 0.25) is 0 Å². The molecule has 0 atom stereocenters. The highest BCUT2D eigenvalue weighted by atomic mass is 16.6. The van der Waals surface area contributed by atoms with E-state index in [9.17, 15) is 9.59 Å². The van der Waals surface area contributed by atoms with Crippen LogP contribution in [-0.2, 0) is 14.3 Å². The number of alkyl carbamates (subject to hydrolysis) is 1. The molecule has 0 saturated heterocycles. The molecular formula is C14H26N2O4. The number of amides is 1. The summed E-state index contributed by atoms with van der Waals surface area (Å²) in [6, 6.07) is 0.509. The second-order valence-corrected chi connectivity index (χ2v) is 6.02. The largest absolute Gasteiger partial charge is 0.466 e. The van der Waals surface area contributed by atoms with Gasteiger partial charge in [0, 0.05) is 18.6 Å². The summed E-state index contributed by atoms with van der Waals surface area (Å²) in [6.45, 7) is 8.35. The molecule has 0 radical (unpaired) electrons. The molecule has 0 spiro atoms. The fourth-order valence-electron chi connectivity index (χ4n) is 1.99. The molecule has 1 aliphatic rings. The molecule has 116 valence electrons. The third-order valence-corrected chi connectivity index (χ3v) is 2.93. The molecule has 0 bridgehead atoms. The molecule has 0 aromatic carbocycles. The van der Waals surface area contributed by atoms with Crippen LogP contribution in [-0.4, -0.2) is 42.9 Å². The Morgan fingerprint density at radius 2 is 1.85 bits per heavy atom. The Balaban J connectivity index is 2.05. The molecule has 1 rings (SSSR count). The van der Waals surface area contributed by atoms with Crippen molar-refractivity contribution < 1.29 is 19.1 Å². The van der Waals surface area contributed by atoms with Gasteiger partial charge in [0.1, 0.15) is 5.60 Å². The van der Waals surface area contributed by atoms with Gasteiger partial charge in [-0.3, -0.25) is 4.79 Å². The number of hydrogen-bond donors (Lipinski definition) is 2. The first-order valence-corrected chi connectivity index (χ1v) is 7.18. The third-order valence-electron chi connectivity index (χ3n) is 2.93. The predicted molar refractivity (Wildman–Crippen MR) is 75.4 cm³/mol. The standard InChI is InChI=1S/C14H26N2O4/c1-5-19-12(17)6-7-15-10-8-11(9-10)16-13(18)20-14(2,3)4/h10-11,15H,5-9H2,1-4H3,(H,16,18). The van der Waals surface area contributed by atoms with E-state index in [0.29, 0.717) is 25.6 Å². The quantitative estimate of drug-likeness (QED) is 0.725. The smallest absolute Gasteiger partial charge is 0.407 e. The first-order chi connectivity index (χ1) is 9.30. The van der Waals surface area contributed by atoms with Crippen LogP contribution in [0.15, 0.2) is 0 Å². The summed E-state index contributed by atoms with van der Waals surface area (Å²) < 4.78 is 10.0. The predicted octanol–water partition coefficient (Wildman–Crippen LogP) is 1.58. The van der Waals surface area contributed by atoms with E-state index in [-0.39, 0.29) is 18.1 Å². The Labute approximate surface area is 120 Å². The van der Waals surface area contributed by atoms with Gasteiger partial charge in [-0.05, 0) is 40.5 Å². The van der Waals surface area contributed by atoms with E-state index >= 15 is 0 Å². The molecule has 1 aliphatic carbocycles. The number of rotatable bonds is 6. The molecule has 0 heterocycles. The number of esters is 1. The van der Waals surface area contributed by atoms with Gasteiger partial charge >= 0.3 is 12.1 Å². The van der Waals surface area contributed by atoms with Crippen molar-refractivity contribution in [2.45, 2.75) is 64.6 Å². The molecule has 0 unspecified atom stereocenters. The number of carbonyl (C=O) groups excluding carboxylic acids is 2. The van der Waals surface area contributed by atoms with E-state index < -0.39 is 5.60 Å². The van der Waals surface area contributed by atoms with Gasteiger partial charge in [0.25, 0.3) is 0 Å². The number of nitrogens with one attached hydrogen (secondary N) is 2. The fraction of sp³-hybridized carbons (Fsp3) is 0.857. The molecule has 1 saturated carbocycles. The number of hydrogen-bond acceptors (Lipinski definition) is 5. The van der Waals surface area contributed by atoms with E-state index in [2.05, 4.69) is 10.6 Å². The Morgan fingerprint density at radius 3 is 2.40 bits per heavy atom. The first-order valence-electron chi connectivity index (χ1n) is 7.18. The minimum atomic E-state index is -0.467. The summed E-state index contributed by atoms with van der Waals surface area (Å²) in [5, 5.41) is 6.10. The lowest BCUT2D eigenvalue weighted by atomic mass is 9.87. The monoisotopic (exact) mass is 286 g/mol. The third kappa shape index (κ3) is 6.75. The van der Waals surface area contributed by atoms with E-state index in [0.717, 1.165) is 12.8 Å². The second kappa shape index (κ2) is 7.47. The normalized spacial score (nSPS) is 21.8. The van der Waals surface area contributed by atoms with E-state index in [1.165, 1.54) is 0 Å². The Bertz CT molecular complexity index is 333. The average Bonchev–Trinajstić information content (AvgIpc) is 2.23. The van der Waals surface area contributed by atoms with Crippen molar-refractivity contribution in [3.8, 4) is 0 Å². The van der Waals surface area contributed by atoms with Crippen molar-refractivity contribution in [3.05, 3.63) is 0 Å². The van der Waals surface area contributed by atoms with E-state index in [1.54, 1.807) is 6.92 Å². The Morgan fingerprint density at radius 1 is 1.20 bits per heavy atom. The van der Waals surface area contributed by atoms with Gasteiger partial charge in [-0.15, -0.1) is 0 Å². The highest BCUT2D eigenvalue weighted by Gasteiger charge is 2.31. The zero-order valence-electron chi connectivity index (χ0n) is 12.8. The maximum atomic E-state index is 11.5. The van der Waals surface area contributed by atoms with Crippen molar-refractivity contribution in [3.63, 3.8) is 0 Å². The molecule has 0 aromatic heterocycles. The van der Waals surface area contributed by atoms with Crippen LogP contribution in [0.4, 0.5) is 4.79 Å². The summed E-state index contributed by atoms with van der Waals surface area (Å²) in [5.41, 5.74) is -0.467. The minimum Gasteiger partial charge on any atom is -0.466 e. The molecular weight excluding hydrogens is 260 g/mol. The first kappa shape index (κ1) is 16.8. The maximum Gasteiger partial charge on any atom is 0.407 e. The topological polar surface area (TPSA) is 76.7 Å². The second-order valence-electron chi connectivity index (χ2n) is 6.02. The molecule has 1 amide bonds. The summed E-state index contributed by atoms with van der Waals surface area (Å²) >= 11 is 0. The Hall–Kier alpha value is -1.30. The lowest BCUT2D eigenvalue weighted by Crippen LogP contribution is -2.53. The molecule has 6 heteroatoms. The highest BCUT2D eigenvalue weighted by molar-refractivity contribution is 5.69. The fourth-order valence-corrected chi connectivity index (χ4v) is 1.99. The van der Waals surface area contributed by atoms with Crippen LogP contribution in [0.25, 0.3) is 0 Å². The number of carbonyl (C=O) groups is 2. The summed E-state index contributed by atoms with van der Waals surface area (Å²) in [7, 11) is 0. The van der Waals surface area contributed by atoms with Crippen molar-refractivity contribution >= 4 is 12.1 Å². The van der Waals surface area contributed by atoms with Crippen LogP contribution in [0.1, 0.15) is 47.0 Å². The van der Waals surface area contributed by atoms with Gasteiger partial charge in [-0.2, -0.15) is 0 Å². The van der Waals surface area contributed by atoms with Crippen LogP contribution in [0.3, 0.4) is 0 Å². The zero-order chi connectivity index (χ0) is 15.2. The highest BCUT2D eigenvalue weighted by Crippen LogP contribution is 2.20. The summed E-state index contributed by atoms with van der Waals surface area (Å²) in [4.78, 5) is 22.7. The van der Waals surface area contributed by atoms with Gasteiger partial charge in [0.05, 0.1) is 13.0 Å². The van der Waals surface area contributed by atoms with E-state index in [4.69, 9.17) is 9.47 Å². The van der Waals surface area contributed by atoms with E-state index in [1.807, 2.05) is 20.8 Å². The van der Waals surface area contributed by atoms with Gasteiger partial charge in [-0.1, -0.05) is 0 Å². The van der Waals surface area contributed by atoms with Crippen LogP contribution >= 0.6 is 0 Å². The van der Waals surface area contributed by atoms with Crippen molar-refractivity contribution in [2.24, 2.45) is 0 Å². The van der Waals surface area contributed by atoms with Crippen molar-refractivity contribution in [2.75, 3.05) is 13.2 Å². The van der Waals surface area contributed by atoms with Gasteiger partial charge in [0.2, 0.25) is 0 Å². The van der Waals surface area contributed by atoms with Crippen molar-refractivity contribution in [1.29, 1.82) is 0 Å². The number of ether oxygens (including phenoxy) is 2. The molecule has 0 aliphatic heterocycles. The van der Waals surface area contributed by atoms with Crippen LogP contribution in [0, 0.1) is 0 Å². The molecule has 0 aromatic rings. The average molecular weight is 286 g/mol. The molecule has 1 fully saturated rings. The molecule has 6 nitrogen and oxygen atoms in total. The molecule has 2 N–H and O–H groups in total. The SMILES string of the molecule is CCOC(=O)CCNC1CC(NC(=O)OC(C)(C)C)C1. The van der Waals surface area contributed by atoms with Gasteiger partial charge in [-0.25, -0.2) is 4.79 Å². The Kier molecular flexibility index (Phi) is 6.26. The lowest BCUT2D eigenvalue weighted by Gasteiger charge is -2.36. The minimum absolute atomic E-state index is 0.157.